The molecule has 3 aromatic rings. The Bertz CT molecular complexity index is 748. The number of nitrogens with zero attached hydrogens (tertiary/aromatic N) is 4. The van der Waals surface area contributed by atoms with Gasteiger partial charge in [0, 0.05) is 29.4 Å². The lowest BCUT2D eigenvalue weighted by Crippen LogP contribution is -2.03. The molecule has 0 N–H and O–H groups in total. The molecule has 20 heavy (non-hydrogen) atoms. The topological polar surface area (TPSA) is 52.8 Å². The molecule has 3 heterocycles. The molecule has 0 amide bonds. The van der Waals surface area contributed by atoms with Crippen molar-refractivity contribution in [3.8, 4) is 16.9 Å². The normalized spacial score (nSPS) is 11.2. The van der Waals surface area contributed by atoms with Gasteiger partial charge in [-0.3, -0.25) is 4.98 Å². The largest absolute Gasteiger partial charge is 0.495 e. The zero-order chi connectivity index (χ0) is 14.1. The van der Waals surface area contributed by atoms with E-state index in [1.807, 2.05) is 29.2 Å². The minimum atomic E-state index is 0.277. The van der Waals surface area contributed by atoms with Gasteiger partial charge in [-0.1, -0.05) is 0 Å². The molecule has 0 aliphatic rings. The molecule has 3 rings (SSSR count). The van der Waals surface area contributed by atoms with Crippen molar-refractivity contribution in [2.45, 2.75) is 19.9 Å². The molecule has 5 heteroatoms. The number of ether oxygens (including phenoxy) is 1. The summed E-state index contributed by atoms with van der Waals surface area (Å²) in [5, 5.41) is 5.45. The second kappa shape index (κ2) is 4.92. The second-order valence-electron chi connectivity index (χ2n) is 4.89. The molecule has 102 valence electrons. The molecule has 5 nitrogen and oxygen atoms in total. The summed E-state index contributed by atoms with van der Waals surface area (Å²) >= 11 is 0. The van der Waals surface area contributed by atoms with Crippen molar-refractivity contribution in [1.29, 1.82) is 0 Å². The number of fused-ring (bicyclic) bond motifs is 1. The zero-order valence-corrected chi connectivity index (χ0v) is 11.7. The highest BCUT2D eigenvalue weighted by Crippen LogP contribution is 2.29. The van der Waals surface area contributed by atoms with E-state index in [1.165, 1.54) is 0 Å². The van der Waals surface area contributed by atoms with E-state index in [0.29, 0.717) is 0 Å². The van der Waals surface area contributed by atoms with Gasteiger partial charge in [-0.2, -0.15) is 5.10 Å². The van der Waals surface area contributed by atoms with Gasteiger partial charge in [-0.15, -0.1) is 0 Å². The molecule has 0 aliphatic heterocycles. The number of pyridine rings is 2. The third kappa shape index (κ3) is 2.01. The molecular weight excluding hydrogens is 252 g/mol. The van der Waals surface area contributed by atoms with Crippen LogP contribution >= 0.6 is 0 Å². The van der Waals surface area contributed by atoms with Crippen LogP contribution in [0.2, 0.25) is 0 Å². The molecule has 0 unspecified atom stereocenters. The first-order chi connectivity index (χ1) is 9.70. The van der Waals surface area contributed by atoms with Crippen molar-refractivity contribution in [2.24, 2.45) is 0 Å². The van der Waals surface area contributed by atoms with E-state index in [9.17, 15) is 0 Å². The van der Waals surface area contributed by atoms with Crippen molar-refractivity contribution in [3.05, 3.63) is 36.9 Å². The first kappa shape index (κ1) is 12.6. The number of methoxy groups -OCH3 is 1. The first-order valence-electron chi connectivity index (χ1n) is 6.52. The molecule has 0 bridgehead atoms. The van der Waals surface area contributed by atoms with Gasteiger partial charge in [0.15, 0.2) is 5.65 Å². The molecule has 0 aliphatic carbocycles. The van der Waals surface area contributed by atoms with Crippen LogP contribution in [0.3, 0.4) is 0 Å². The Morgan fingerprint density at radius 3 is 2.80 bits per heavy atom. The van der Waals surface area contributed by atoms with Gasteiger partial charge in [0.05, 0.1) is 19.5 Å². The average Bonchev–Trinajstić information content (AvgIpc) is 2.91. The first-order valence-corrected chi connectivity index (χ1v) is 6.52. The summed E-state index contributed by atoms with van der Waals surface area (Å²) in [6.07, 6.45) is 7.18. The van der Waals surface area contributed by atoms with Crippen LogP contribution in [0.1, 0.15) is 19.9 Å². The molecule has 0 saturated carbocycles. The maximum Gasteiger partial charge on any atom is 0.158 e. The van der Waals surface area contributed by atoms with Crippen molar-refractivity contribution < 1.29 is 4.74 Å². The lowest BCUT2D eigenvalue weighted by atomic mass is 10.1. The van der Waals surface area contributed by atoms with E-state index in [1.54, 1.807) is 19.5 Å². The SMILES string of the molecule is COc1cncc(-c2ccnc3c2cnn3C(C)C)c1. The van der Waals surface area contributed by atoms with E-state index in [4.69, 9.17) is 4.74 Å². The van der Waals surface area contributed by atoms with Crippen LogP contribution < -0.4 is 4.74 Å². The van der Waals surface area contributed by atoms with Gasteiger partial charge < -0.3 is 4.74 Å². The molecule has 0 saturated heterocycles. The average molecular weight is 268 g/mol. The molecule has 0 aromatic carbocycles. The summed E-state index contributed by atoms with van der Waals surface area (Å²) in [6.45, 7) is 4.18. The molecule has 0 atom stereocenters. The summed E-state index contributed by atoms with van der Waals surface area (Å²) in [5.41, 5.74) is 2.95. The minimum Gasteiger partial charge on any atom is -0.495 e. The van der Waals surface area contributed by atoms with E-state index >= 15 is 0 Å². The van der Waals surface area contributed by atoms with Crippen LogP contribution in [0.25, 0.3) is 22.2 Å². The number of hydrogen-bond donors (Lipinski definition) is 0. The monoisotopic (exact) mass is 268 g/mol. The highest BCUT2D eigenvalue weighted by atomic mass is 16.5. The van der Waals surface area contributed by atoms with Gasteiger partial charge in [0.25, 0.3) is 0 Å². The molecule has 3 aromatic heterocycles. The standard InChI is InChI=1S/C15H16N4O/c1-10(2)19-15-14(9-18-19)13(4-5-17-15)11-6-12(20-3)8-16-7-11/h4-10H,1-3H3. The summed E-state index contributed by atoms with van der Waals surface area (Å²) in [7, 11) is 1.64. The van der Waals surface area contributed by atoms with Crippen LogP contribution in [0.15, 0.2) is 36.9 Å². The smallest absolute Gasteiger partial charge is 0.158 e. The Balaban J connectivity index is 2.21. The van der Waals surface area contributed by atoms with Crippen molar-refractivity contribution in [3.63, 3.8) is 0 Å². The molecule has 0 spiro atoms. The van der Waals surface area contributed by atoms with Crippen LogP contribution in [-0.2, 0) is 0 Å². The number of rotatable bonds is 3. The molecule has 0 radical (unpaired) electrons. The zero-order valence-electron chi connectivity index (χ0n) is 11.7. The van der Waals surface area contributed by atoms with E-state index in [2.05, 4.69) is 28.9 Å². The molecule has 0 fully saturated rings. The van der Waals surface area contributed by atoms with Crippen molar-refractivity contribution in [1.82, 2.24) is 19.7 Å². The fourth-order valence-corrected chi connectivity index (χ4v) is 2.25. The summed E-state index contributed by atoms with van der Waals surface area (Å²) < 4.78 is 7.16. The highest BCUT2D eigenvalue weighted by molar-refractivity contribution is 5.92. The van der Waals surface area contributed by atoms with E-state index in [0.717, 1.165) is 27.9 Å². The Hall–Kier alpha value is -2.43. The second-order valence-corrected chi connectivity index (χ2v) is 4.89. The summed E-state index contributed by atoms with van der Waals surface area (Å²) in [4.78, 5) is 8.65. The van der Waals surface area contributed by atoms with Crippen LogP contribution in [0.4, 0.5) is 0 Å². The quantitative estimate of drug-likeness (QED) is 0.732. The third-order valence-electron chi connectivity index (χ3n) is 3.25. The highest BCUT2D eigenvalue weighted by Gasteiger charge is 2.12. The van der Waals surface area contributed by atoms with Gasteiger partial charge in [-0.25, -0.2) is 9.67 Å². The lowest BCUT2D eigenvalue weighted by Gasteiger charge is -2.08. The molecular formula is C15H16N4O. The van der Waals surface area contributed by atoms with Crippen LogP contribution in [0, 0.1) is 0 Å². The van der Waals surface area contributed by atoms with E-state index < -0.39 is 0 Å². The predicted molar refractivity (Wildman–Crippen MR) is 77.7 cm³/mol. The van der Waals surface area contributed by atoms with Crippen molar-refractivity contribution >= 4 is 11.0 Å². The Morgan fingerprint density at radius 1 is 1.20 bits per heavy atom. The fraction of sp³-hybridized carbons (Fsp3) is 0.267. The minimum absolute atomic E-state index is 0.277. The third-order valence-corrected chi connectivity index (χ3v) is 3.25. The van der Waals surface area contributed by atoms with Crippen LogP contribution in [0.5, 0.6) is 5.75 Å². The van der Waals surface area contributed by atoms with Crippen LogP contribution in [-0.4, -0.2) is 26.9 Å². The lowest BCUT2D eigenvalue weighted by molar-refractivity contribution is 0.413. The predicted octanol–water partition coefficient (Wildman–Crippen LogP) is 3.08. The van der Waals surface area contributed by atoms with Gasteiger partial charge in [0.1, 0.15) is 5.75 Å². The van der Waals surface area contributed by atoms with Gasteiger partial charge >= 0.3 is 0 Å². The van der Waals surface area contributed by atoms with E-state index in [-0.39, 0.29) is 6.04 Å². The maximum absolute atomic E-state index is 5.23. The Morgan fingerprint density at radius 2 is 2.05 bits per heavy atom. The summed E-state index contributed by atoms with van der Waals surface area (Å²) in [6, 6.07) is 4.22. The number of hydrogen-bond acceptors (Lipinski definition) is 4. The number of aromatic nitrogens is 4. The Labute approximate surface area is 117 Å². The Kier molecular flexibility index (Phi) is 3.10. The van der Waals surface area contributed by atoms with Gasteiger partial charge in [0.2, 0.25) is 0 Å². The van der Waals surface area contributed by atoms with Gasteiger partial charge in [-0.05, 0) is 31.5 Å². The van der Waals surface area contributed by atoms with Crippen molar-refractivity contribution in [2.75, 3.05) is 7.11 Å². The fourth-order valence-electron chi connectivity index (χ4n) is 2.25. The summed E-state index contributed by atoms with van der Waals surface area (Å²) in [5.74, 6) is 0.740. The maximum atomic E-state index is 5.23.